The van der Waals surface area contributed by atoms with Crippen molar-refractivity contribution in [3.63, 3.8) is 0 Å². The Morgan fingerprint density at radius 3 is 2.72 bits per heavy atom. The molecule has 1 aliphatic heterocycles. The monoisotopic (exact) mass is 394 g/mol. The summed E-state index contributed by atoms with van der Waals surface area (Å²) in [4.78, 5) is 27.9. The maximum atomic E-state index is 13.4. The molecule has 0 bridgehead atoms. The van der Waals surface area contributed by atoms with E-state index in [-0.39, 0.29) is 29.3 Å². The van der Waals surface area contributed by atoms with Crippen LogP contribution in [0, 0.1) is 11.7 Å². The van der Waals surface area contributed by atoms with Crippen LogP contribution in [0.4, 0.5) is 10.3 Å². The van der Waals surface area contributed by atoms with Crippen molar-refractivity contribution in [3.8, 4) is 11.1 Å². The highest BCUT2D eigenvalue weighted by molar-refractivity contribution is 5.97. The van der Waals surface area contributed by atoms with E-state index in [9.17, 15) is 14.0 Å². The van der Waals surface area contributed by atoms with Gasteiger partial charge in [-0.1, -0.05) is 31.2 Å². The molecule has 6 heteroatoms. The lowest BCUT2D eigenvalue weighted by Crippen LogP contribution is -2.39. The number of amides is 1. The molecule has 2 aromatic carbocycles. The van der Waals surface area contributed by atoms with Crippen molar-refractivity contribution in [2.24, 2.45) is 5.92 Å². The molecular weight excluding hydrogens is 371 g/mol. The third kappa shape index (κ3) is 4.22. The Bertz CT molecular complexity index is 1090. The zero-order chi connectivity index (χ0) is 20.4. The first-order chi connectivity index (χ1) is 14.0. The lowest BCUT2D eigenvalue weighted by atomic mass is 10.0. The summed E-state index contributed by atoms with van der Waals surface area (Å²) in [5.41, 5.74) is 0.850. The van der Waals surface area contributed by atoms with Crippen molar-refractivity contribution < 1.29 is 13.6 Å². The number of para-hydroxylation sites is 1. The summed E-state index contributed by atoms with van der Waals surface area (Å²) in [5.74, 6) is 0.0184. The molecule has 1 fully saturated rings. The van der Waals surface area contributed by atoms with Gasteiger partial charge in [-0.3, -0.25) is 19.8 Å². The van der Waals surface area contributed by atoms with Gasteiger partial charge in [-0.15, -0.1) is 0 Å². The second-order valence-corrected chi connectivity index (χ2v) is 7.67. The van der Waals surface area contributed by atoms with Gasteiger partial charge in [0.25, 0.3) is 0 Å². The maximum absolute atomic E-state index is 13.4. The van der Waals surface area contributed by atoms with Crippen molar-refractivity contribution in [1.29, 1.82) is 0 Å². The van der Waals surface area contributed by atoms with Crippen molar-refractivity contribution in [2.75, 3.05) is 25.0 Å². The number of likely N-dealkylation sites (tertiary alicyclic amines) is 1. The number of rotatable bonds is 4. The predicted octanol–water partition coefficient (Wildman–Crippen LogP) is 4.27. The fourth-order valence-electron chi connectivity index (χ4n) is 3.91. The van der Waals surface area contributed by atoms with Crippen molar-refractivity contribution in [3.05, 3.63) is 64.6 Å². The molecule has 0 aliphatic carbocycles. The standard InChI is InChI=1S/C23H23FN2O3/c1-15-5-4-12-26(13-15)14-20(27)25-23-21(16-8-10-17(24)11-9-16)22(28)18-6-2-3-7-19(18)29-23/h2-3,6-11,15H,4-5,12-14H2,1H3,(H,25,27)/t15-/m1/s1. The lowest BCUT2D eigenvalue weighted by molar-refractivity contribution is -0.117. The van der Waals surface area contributed by atoms with E-state index in [4.69, 9.17) is 4.42 Å². The zero-order valence-corrected chi connectivity index (χ0v) is 16.3. The molecule has 1 amide bonds. The van der Waals surface area contributed by atoms with Crippen LogP contribution in [-0.2, 0) is 4.79 Å². The molecule has 3 aromatic rings. The number of fused-ring (bicyclic) bond motifs is 1. The molecular formula is C23H23FN2O3. The van der Waals surface area contributed by atoms with Crippen molar-refractivity contribution in [2.45, 2.75) is 19.8 Å². The smallest absolute Gasteiger partial charge is 0.240 e. The molecule has 150 valence electrons. The minimum absolute atomic E-state index is 0.0929. The highest BCUT2D eigenvalue weighted by Gasteiger charge is 2.22. The number of carbonyl (C=O) groups is 1. The van der Waals surface area contributed by atoms with Crippen LogP contribution in [-0.4, -0.2) is 30.4 Å². The van der Waals surface area contributed by atoms with Crippen LogP contribution in [0.5, 0.6) is 0 Å². The van der Waals surface area contributed by atoms with Gasteiger partial charge in [0.1, 0.15) is 11.4 Å². The Hall–Kier alpha value is -2.99. The van der Waals surface area contributed by atoms with Crippen LogP contribution in [0.1, 0.15) is 19.8 Å². The molecule has 0 saturated carbocycles. The van der Waals surface area contributed by atoms with Crippen LogP contribution in [0.2, 0.25) is 0 Å². The van der Waals surface area contributed by atoms with Gasteiger partial charge in [-0.05, 0) is 55.1 Å². The summed E-state index contributed by atoms with van der Waals surface area (Å²) in [5, 5.41) is 3.19. The number of nitrogens with zero attached hydrogens (tertiary/aromatic N) is 1. The number of halogens is 1. The van der Waals surface area contributed by atoms with Gasteiger partial charge in [0.15, 0.2) is 0 Å². The summed E-state index contributed by atoms with van der Waals surface area (Å²) < 4.78 is 19.3. The molecule has 1 atom stereocenters. The molecule has 1 saturated heterocycles. The second kappa shape index (κ2) is 8.17. The van der Waals surface area contributed by atoms with E-state index in [1.165, 1.54) is 30.7 Å². The van der Waals surface area contributed by atoms with Crippen LogP contribution in [0.3, 0.4) is 0 Å². The van der Waals surface area contributed by atoms with E-state index in [0.29, 0.717) is 22.5 Å². The lowest BCUT2D eigenvalue weighted by Gasteiger charge is -2.30. The maximum Gasteiger partial charge on any atom is 0.240 e. The number of hydrogen-bond donors (Lipinski definition) is 1. The van der Waals surface area contributed by atoms with E-state index in [1.807, 2.05) is 0 Å². The van der Waals surface area contributed by atoms with E-state index in [2.05, 4.69) is 17.1 Å². The van der Waals surface area contributed by atoms with Gasteiger partial charge < -0.3 is 4.42 Å². The summed E-state index contributed by atoms with van der Waals surface area (Å²) >= 11 is 0. The van der Waals surface area contributed by atoms with E-state index in [0.717, 1.165) is 19.5 Å². The average molecular weight is 394 g/mol. The molecule has 5 nitrogen and oxygen atoms in total. The number of hydrogen-bond acceptors (Lipinski definition) is 4. The van der Waals surface area contributed by atoms with Gasteiger partial charge >= 0.3 is 0 Å². The first-order valence-corrected chi connectivity index (χ1v) is 9.85. The van der Waals surface area contributed by atoms with E-state index >= 15 is 0 Å². The Morgan fingerprint density at radius 1 is 1.21 bits per heavy atom. The number of nitrogens with one attached hydrogen (secondary N) is 1. The summed E-state index contributed by atoms with van der Waals surface area (Å²) in [6, 6.07) is 12.5. The third-order valence-electron chi connectivity index (χ3n) is 5.29. The van der Waals surface area contributed by atoms with Crippen molar-refractivity contribution >= 4 is 22.8 Å². The second-order valence-electron chi connectivity index (χ2n) is 7.67. The quantitative estimate of drug-likeness (QED) is 0.718. The minimum Gasteiger partial charge on any atom is -0.439 e. The number of anilines is 1. The zero-order valence-electron chi connectivity index (χ0n) is 16.3. The van der Waals surface area contributed by atoms with Gasteiger partial charge in [-0.25, -0.2) is 4.39 Å². The molecule has 1 aliphatic rings. The Labute approximate surface area is 168 Å². The molecule has 1 N–H and O–H groups in total. The minimum atomic E-state index is -0.399. The highest BCUT2D eigenvalue weighted by atomic mass is 19.1. The van der Waals surface area contributed by atoms with Crippen LogP contribution >= 0.6 is 0 Å². The van der Waals surface area contributed by atoms with Crippen LogP contribution in [0.15, 0.2) is 57.7 Å². The van der Waals surface area contributed by atoms with Crippen LogP contribution in [0.25, 0.3) is 22.1 Å². The van der Waals surface area contributed by atoms with Gasteiger partial charge in [0.05, 0.1) is 17.5 Å². The summed E-state index contributed by atoms with van der Waals surface area (Å²) in [6.07, 6.45) is 2.24. The average Bonchev–Trinajstić information content (AvgIpc) is 2.69. The molecule has 29 heavy (non-hydrogen) atoms. The Morgan fingerprint density at radius 2 is 1.97 bits per heavy atom. The fraction of sp³-hybridized carbons (Fsp3) is 0.304. The van der Waals surface area contributed by atoms with Gasteiger partial charge in [0, 0.05) is 6.54 Å². The largest absolute Gasteiger partial charge is 0.439 e. The summed E-state index contributed by atoms with van der Waals surface area (Å²) in [6.45, 7) is 4.17. The SMILES string of the molecule is C[C@@H]1CCCN(CC(=O)Nc2oc3ccccc3c(=O)c2-c2ccc(F)cc2)C1. The molecule has 4 rings (SSSR count). The molecule has 2 heterocycles. The van der Waals surface area contributed by atoms with E-state index in [1.54, 1.807) is 24.3 Å². The van der Waals surface area contributed by atoms with Crippen molar-refractivity contribution in [1.82, 2.24) is 4.90 Å². The molecule has 0 unspecified atom stereocenters. The van der Waals surface area contributed by atoms with Gasteiger partial charge in [-0.2, -0.15) is 0 Å². The topological polar surface area (TPSA) is 62.6 Å². The number of benzene rings is 2. The number of piperidine rings is 1. The van der Waals surface area contributed by atoms with E-state index < -0.39 is 5.82 Å². The Kier molecular flexibility index (Phi) is 5.45. The highest BCUT2D eigenvalue weighted by Crippen LogP contribution is 2.29. The fourth-order valence-corrected chi connectivity index (χ4v) is 3.91. The third-order valence-corrected chi connectivity index (χ3v) is 5.29. The first kappa shape index (κ1) is 19.3. The number of carbonyl (C=O) groups excluding carboxylic acids is 1. The van der Waals surface area contributed by atoms with Crippen LogP contribution < -0.4 is 10.7 Å². The summed E-state index contributed by atoms with van der Waals surface area (Å²) in [7, 11) is 0. The molecule has 0 radical (unpaired) electrons. The Balaban J connectivity index is 1.70. The first-order valence-electron chi connectivity index (χ1n) is 9.85. The normalized spacial score (nSPS) is 17.4. The predicted molar refractivity (Wildman–Crippen MR) is 111 cm³/mol. The van der Waals surface area contributed by atoms with Gasteiger partial charge in [0.2, 0.25) is 17.2 Å². The molecule has 1 aromatic heterocycles. The molecule has 0 spiro atoms.